The maximum atomic E-state index is 5.53. The predicted octanol–water partition coefficient (Wildman–Crippen LogP) is 3.18. The molecular formula is C15H26N2O. The summed E-state index contributed by atoms with van der Waals surface area (Å²) in [5, 5.41) is 3.38. The summed E-state index contributed by atoms with van der Waals surface area (Å²) in [6.45, 7) is 9.84. The summed E-state index contributed by atoms with van der Waals surface area (Å²) in [7, 11) is 2.15. The highest BCUT2D eigenvalue weighted by molar-refractivity contribution is 5.16. The van der Waals surface area contributed by atoms with E-state index in [1.54, 1.807) is 6.26 Å². The lowest BCUT2D eigenvalue weighted by Gasteiger charge is -2.16. The third-order valence-electron chi connectivity index (χ3n) is 2.94. The minimum absolute atomic E-state index is 0.830. The number of nitrogens with one attached hydrogen (secondary N) is 1. The summed E-state index contributed by atoms with van der Waals surface area (Å²) in [5.41, 5.74) is 1.29. The van der Waals surface area contributed by atoms with Crippen LogP contribution in [0.15, 0.2) is 29.4 Å². The summed E-state index contributed by atoms with van der Waals surface area (Å²) in [6, 6.07) is 2.08. The zero-order chi connectivity index (χ0) is 13.2. The van der Waals surface area contributed by atoms with Crippen molar-refractivity contribution in [2.24, 2.45) is 0 Å². The second-order valence-corrected chi connectivity index (χ2v) is 4.71. The van der Waals surface area contributed by atoms with Crippen LogP contribution >= 0.6 is 0 Å². The number of hydrogen-bond acceptors (Lipinski definition) is 3. The first kappa shape index (κ1) is 15.0. The van der Waals surface area contributed by atoms with Gasteiger partial charge in [-0.25, -0.2) is 0 Å². The Labute approximate surface area is 111 Å². The molecule has 0 aliphatic carbocycles. The molecule has 0 spiro atoms. The summed E-state index contributed by atoms with van der Waals surface area (Å²) >= 11 is 0. The normalized spacial score (nSPS) is 11.1. The van der Waals surface area contributed by atoms with E-state index in [0.29, 0.717) is 0 Å². The van der Waals surface area contributed by atoms with Crippen LogP contribution in [0.3, 0.4) is 0 Å². The van der Waals surface area contributed by atoms with Gasteiger partial charge in [0, 0.05) is 12.1 Å². The molecule has 1 heterocycles. The third-order valence-corrected chi connectivity index (χ3v) is 2.94. The van der Waals surface area contributed by atoms with E-state index in [4.69, 9.17) is 4.42 Å². The van der Waals surface area contributed by atoms with Crippen molar-refractivity contribution in [2.45, 2.75) is 39.3 Å². The zero-order valence-electron chi connectivity index (χ0n) is 11.7. The van der Waals surface area contributed by atoms with Crippen LogP contribution in [0.25, 0.3) is 0 Å². The van der Waals surface area contributed by atoms with Gasteiger partial charge in [-0.3, -0.25) is 0 Å². The molecule has 0 fully saturated rings. The Morgan fingerprint density at radius 2 is 2.33 bits per heavy atom. The van der Waals surface area contributed by atoms with Gasteiger partial charge in [0.05, 0.1) is 12.8 Å². The molecule has 0 atom stereocenters. The van der Waals surface area contributed by atoms with Gasteiger partial charge in [-0.2, -0.15) is 0 Å². The molecular weight excluding hydrogens is 224 g/mol. The van der Waals surface area contributed by atoms with Gasteiger partial charge < -0.3 is 14.6 Å². The second kappa shape index (κ2) is 8.95. The van der Waals surface area contributed by atoms with Crippen LogP contribution in [0, 0.1) is 0 Å². The molecule has 0 saturated carbocycles. The highest BCUT2D eigenvalue weighted by Gasteiger charge is 2.08. The molecule has 0 amide bonds. The molecule has 3 nitrogen and oxygen atoms in total. The minimum atomic E-state index is 0.830. The van der Waals surface area contributed by atoms with Crippen molar-refractivity contribution in [1.82, 2.24) is 10.2 Å². The minimum Gasteiger partial charge on any atom is -0.468 e. The summed E-state index contributed by atoms with van der Waals surface area (Å²) in [6.07, 6.45) is 7.17. The highest BCUT2D eigenvalue weighted by atomic mass is 16.3. The van der Waals surface area contributed by atoms with Crippen molar-refractivity contribution >= 4 is 0 Å². The van der Waals surface area contributed by atoms with Crippen molar-refractivity contribution in [2.75, 3.05) is 20.1 Å². The van der Waals surface area contributed by atoms with E-state index in [1.165, 1.54) is 12.0 Å². The van der Waals surface area contributed by atoms with E-state index in [9.17, 15) is 0 Å². The first-order valence-corrected chi connectivity index (χ1v) is 6.83. The van der Waals surface area contributed by atoms with Crippen LogP contribution in [0.4, 0.5) is 0 Å². The molecule has 1 aromatic heterocycles. The average molecular weight is 250 g/mol. The van der Waals surface area contributed by atoms with Crippen LogP contribution in [0.2, 0.25) is 0 Å². The Kier molecular flexibility index (Phi) is 7.46. The van der Waals surface area contributed by atoms with Gasteiger partial charge in [0.1, 0.15) is 5.76 Å². The van der Waals surface area contributed by atoms with Crippen LogP contribution in [0.5, 0.6) is 0 Å². The van der Waals surface area contributed by atoms with Gasteiger partial charge in [-0.05, 0) is 45.5 Å². The van der Waals surface area contributed by atoms with E-state index < -0.39 is 0 Å². The van der Waals surface area contributed by atoms with E-state index in [1.807, 2.05) is 6.08 Å². The van der Waals surface area contributed by atoms with Crippen molar-refractivity contribution in [3.8, 4) is 0 Å². The van der Waals surface area contributed by atoms with E-state index in [0.717, 1.165) is 44.8 Å². The fourth-order valence-corrected chi connectivity index (χ4v) is 1.92. The SMILES string of the molecule is C=CCCCN(C)Cc1ccoc1CNCCC. The molecule has 102 valence electrons. The van der Waals surface area contributed by atoms with Gasteiger partial charge in [0.25, 0.3) is 0 Å². The molecule has 1 N–H and O–H groups in total. The lowest BCUT2D eigenvalue weighted by Crippen LogP contribution is -2.20. The van der Waals surface area contributed by atoms with E-state index >= 15 is 0 Å². The van der Waals surface area contributed by atoms with Crippen LogP contribution < -0.4 is 5.32 Å². The van der Waals surface area contributed by atoms with E-state index in [2.05, 4.69) is 36.8 Å². The largest absolute Gasteiger partial charge is 0.468 e. The molecule has 0 radical (unpaired) electrons. The molecule has 3 heteroatoms. The Morgan fingerprint density at radius 1 is 1.50 bits per heavy atom. The van der Waals surface area contributed by atoms with Crippen molar-refractivity contribution in [1.29, 1.82) is 0 Å². The molecule has 18 heavy (non-hydrogen) atoms. The average Bonchev–Trinajstić information content (AvgIpc) is 2.77. The monoisotopic (exact) mass is 250 g/mol. The fourth-order valence-electron chi connectivity index (χ4n) is 1.92. The Hall–Kier alpha value is -1.06. The van der Waals surface area contributed by atoms with Crippen LogP contribution in [-0.4, -0.2) is 25.0 Å². The zero-order valence-corrected chi connectivity index (χ0v) is 11.7. The van der Waals surface area contributed by atoms with Crippen molar-refractivity contribution in [3.63, 3.8) is 0 Å². The second-order valence-electron chi connectivity index (χ2n) is 4.71. The molecule has 0 aliphatic rings. The van der Waals surface area contributed by atoms with Gasteiger partial charge in [0.2, 0.25) is 0 Å². The Morgan fingerprint density at radius 3 is 3.06 bits per heavy atom. The highest BCUT2D eigenvalue weighted by Crippen LogP contribution is 2.13. The van der Waals surface area contributed by atoms with E-state index in [-0.39, 0.29) is 0 Å². The lowest BCUT2D eigenvalue weighted by molar-refractivity contribution is 0.319. The third kappa shape index (κ3) is 5.52. The number of hydrogen-bond donors (Lipinski definition) is 1. The molecule has 0 saturated heterocycles. The molecule has 0 aliphatic heterocycles. The smallest absolute Gasteiger partial charge is 0.122 e. The quantitative estimate of drug-likeness (QED) is 0.511. The van der Waals surface area contributed by atoms with Crippen molar-refractivity contribution in [3.05, 3.63) is 36.3 Å². The molecule has 1 rings (SSSR count). The molecule has 1 aromatic rings. The molecule has 0 aromatic carbocycles. The maximum Gasteiger partial charge on any atom is 0.122 e. The van der Waals surface area contributed by atoms with Crippen LogP contribution in [-0.2, 0) is 13.1 Å². The van der Waals surface area contributed by atoms with Gasteiger partial charge in [-0.1, -0.05) is 13.0 Å². The first-order chi connectivity index (χ1) is 8.77. The van der Waals surface area contributed by atoms with Crippen LogP contribution in [0.1, 0.15) is 37.5 Å². The van der Waals surface area contributed by atoms with Gasteiger partial charge in [0.15, 0.2) is 0 Å². The Balaban J connectivity index is 2.36. The standard InChI is InChI=1S/C15H26N2O/c1-4-6-7-10-17(3)13-14-8-11-18-15(14)12-16-9-5-2/h4,8,11,16H,1,5-7,9-10,12-13H2,2-3H3. The maximum absolute atomic E-state index is 5.53. The molecule has 0 bridgehead atoms. The number of nitrogens with zero attached hydrogens (tertiary/aromatic N) is 1. The lowest BCUT2D eigenvalue weighted by atomic mass is 10.2. The topological polar surface area (TPSA) is 28.4 Å². The Bertz CT molecular complexity index is 333. The van der Waals surface area contributed by atoms with Gasteiger partial charge >= 0.3 is 0 Å². The summed E-state index contributed by atoms with van der Waals surface area (Å²) in [4.78, 5) is 2.33. The number of furan rings is 1. The van der Waals surface area contributed by atoms with Gasteiger partial charge in [-0.15, -0.1) is 6.58 Å². The number of rotatable bonds is 10. The van der Waals surface area contributed by atoms with Crippen molar-refractivity contribution < 1.29 is 4.42 Å². The fraction of sp³-hybridized carbons (Fsp3) is 0.600. The summed E-state index contributed by atoms with van der Waals surface area (Å²) < 4.78 is 5.53. The number of unbranched alkanes of at least 4 members (excludes halogenated alkanes) is 1. The number of allylic oxidation sites excluding steroid dienone is 1. The first-order valence-electron chi connectivity index (χ1n) is 6.83. The summed E-state index contributed by atoms with van der Waals surface area (Å²) in [5.74, 6) is 1.07. The predicted molar refractivity (Wildman–Crippen MR) is 76.5 cm³/mol. The molecule has 0 unspecified atom stereocenters.